The smallest absolute Gasteiger partial charge is 0.240 e. The largest absolute Gasteiger partial charge is 0.396 e. The molecule has 0 aliphatic carbocycles. The highest BCUT2D eigenvalue weighted by molar-refractivity contribution is 7.89. The zero-order valence-electron chi connectivity index (χ0n) is 10.2. The maximum absolute atomic E-state index is 11.9. The van der Waals surface area contributed by atoms with Gasteiger partial charge in [0.1, 0.15) is 0 Å². The van der Waals surface area contributed by atoms with Crippen LogP contribution in [0.4, 0.5) is 0 Å². The Morgan fingerprint density at radius 1 is 1.41 bits per heavy atom. The standard InChI is InChI=1S/C12H19NO3S/c1-10-4-3-5-12(8-10)17(15,16)13-9-11(2)6-7-14/h3-5,8,11,13-14H,6-7,9H2,1-2H3. The molecule has 0 aliphatic heterocycles. The lowest BCUT2D eigenvalue weighted by Crippen LogP contribution is -2.28. The van der Waals surface area contributed by atoms with Crippen molar-refractivity contribution in [1.29, 1.82) is 0 Å². The van der Waals surface area contributed by atoms with E-state index in [0.29, 0.717) is 13.0 Å². The highest BCUT2D eigenvalue weighted by atomic mass is 32.2. The van der Waals surface area contributed by atoms with Gasteiger partial charge in [-0.05, 0) is 37.0 Å². The number of aryl methyl sites for hydroxylation is 1. The summed E-state index contributed by atoms with van der Waals surface area (Å²) in [5.74, 6) is 0.125. The average Bonchev–Trinajstić information content (AvgIpc) is 2.27. The minimum absolute atomic E-state index is 0.0767. The first kappa shape index (κ1) is 14.2. The zero-order chi connectivity index (χ0) is 12.9. The third-order valence-corrected chi connectivity index (χ3v) is 3.96. The molecule has 0 heterocycles. The molecule has 1 aromatic carbocycles. The van der Waals surface area contributed by atoms with Crippen LogP contribution in [0.1, 0.15) is 18.9 Å². The molecule has 1 atom stereocenters. The number of hydrogen-bond donors (Lipinski definition) is 2. The molecule has 0 fully saturated rings. The fraction of sp³-hybridized carbons (Fsp3) is 0.500. The summed E-state index contributed by atoms with van der Waals surface area (Å²) in [6.45, 7) is 4.17. The van der Waals surface area contributed by atoms with Crippen LogP contribution in [-0.2, 0) is 10.0 Å². The molecular formula is C12H19NO3S. The maximum Gasteiger partial charge on any atom is 0.240 e. The van der Waals surface area contributed by atoms with Gasteiger partial charge < -0.3 is 5.11 Å². The monoisotopic (exact) mass is 257 g/mol. The van der Waals surface area contributed by atoms with Crippen LogP contribution in [0.3, 0.4) is 0 Å². The quantitative estimate of drug-likeness (QED) is 0.807. The summed E-state index contributed by atoms with van der Waals surface area (Å²) >= 11 is 0. The van der Waals surface area contributed by atoms with Crippen molar-refractivity contribution in [2.24, 2.45) is 5.92 Å². The van der Waals surface area contributed by atoms with Crippen LogP contribution in [0, 0.1) is 12.8 Å². The molecule has 96 valence electrons. The zero-order valence-corrected chi connectivity index (χ0v) is 11.0. The third kappa shape index (κ3) is 4.46. The molecule has 1 rings (SSSR count). The molecule has 0 bridgehead atoms. The Kier molecular flexibility index (Phi) is 5.11. The molecule has 0 radical (unpaired) electrons. The van der Waals surface area contributed by atoms with E-state index in [1.54, 1.807) is 18.2 Å². The van der Waals surface area contributed by atoms with E-state index in [2.05, 4.69) is 4.72 Å². The Labute approximate surface area is 103 Å². The summed E-state index contributed by atoms with van der Waals surface area (Å²) in [7, 11) is -3.43. The van der Waals surface area contributed by atoms with E-state index in [1.807, 2.05) is 19.9 Å². The van der Waals surface area contributed by atoms with Crippen molar-refractivity contribution in [1.82, 2.24) is 4.72 Å². The predicted molar refractivity (Wildman–Crippen MR) is 67.2 cm³/mol. The Hall–Kier alpha value is -0.910. The molecular weight excluding hydrogens is 238 g/mol. The van der Waals surface area contributed by atoms with E-state index in [-0.39, 0.29) is 17.4 Å². The molecule has 0 saturated heterocycles. The molecule has 0 spiro atoms. The Morgan fingerprint density at radius 2 is 2.12 bits per heavy atom. The minimum atomic E-state index is -3.43. The van der Waals surface area contributed by atoms with E-state index in [1.165, 1.54) is 0 Å². The molecule has 0 amide bonds. The van der Waals surface area contributed by atoms with Gasteiger partial charge >= 0.3 is 0 Å². The molecule has 0 aliphatic rings. The molecule has 4 nitrogen and oxygen atoms in total. The maximum atomic E-state index is 11.9. The van der Waals surface area contributed by atoms with Crippen LogP contribution in [0.2, 0.25) is 0 Å². The van der Waals surface area contributed by atoms with E-state index in [9.17, 15) is 8.42 Å². The van der Waals surface area contributed by atoms with Crippen LogP contribution in [0.5, 0.6) is 0 Å². The highest BCUT2D eigenvalue weighted by Crippen LogP contribution is 2.11. The second-order valence-electron chi connectivity index (χ2n) is 4.29. The SMILES string of the molecule is Cc1cccc(S(=O)(=O)NCC(C)CCO)c1. The predicted octanol–water partition coefficient (Wildman–Crippen LogP) is 1.29. The summed E-state index contributed by atoms with van der Waals surface area (Å²) < 4.78 is 26.4. The molecule has 1 unspecified atom stereocenters. The van der Waals surface area contributed by atoms with Gasteiger partial charge in [0.25, 0.3) is 0 Å². The normalized spacial score (nSPS) is 13.6. The first-order valence-electron chi connectivity index (χ1n) is 5.63. The molecule has 17 heavy (non-hydrogen) atoms. The topological polar surface area (TPSA) is 66.4 Å². The lowest BCUT2D eigenvalue weighted by Gasteiger charge is -2.11. The minimum Gasteiger partial charge on any atom is -0.396 e. The summed E-state index contributed by atoms with van der Waals surface area (Å²) in [5, 5.41) is 8.74. The Balaban J connectivity index is 2.69. The van der Waals surface area contributed by atoms with E-state index in [0.717, 1.165) is 5.56 Å². The molecule has 0 aromatic heterocycles. The highest BCUT2D eigenvalue weighted by Gasteiger charge is 2.14. The first-order valence-corrected chi connectivity index (χ1v) is 7.11. The second-order valence-corrected chi connectivity index (χ2v) is 6.05. The van der Waals surface area contributed by atoms with Crippen LogP contribution < -0.4 is 4.72 Å². The van der Waals surface area contributed by atoms with Gasteiger partial charge in [0, 0.05) is 13.2 Å². The van der Waals surface area contributed by atoms with Crippen molar-refractivity contribution in [2.75, 3.05) is 13.2 Å². The summed E-state index contributed by atoms with van der Waals surface area (Å²) in [6.07, 6.45) is 0.594. The summed E-state index contributed by atoms with van der Waals surface area (Å²) in [4.78, 5) is 0.286. The van der Waals surface area contributed by atoms with E-state index < -0.39 is 10.0 Å². The number of benzene rings is 1. The van der Waals surface area contributed by atoms with Gasteiger partial charge in [-0.3, -0.25) is 0 Å². The summed E-state index contributed by atoms with van der Waals surface area (Å²) in [6, 6.07) is 6.79. The van der Waals surface area contributed by atoms with Crippen molar-refractivity contribution >= 4 is 10.0 Å². The fourth-order valence-electron chi connectivity index (χ4n) is 1.44. The fourth-order valence-corrected chi connectivity index (χ4v) is 2.71. The van der Waals surface area contributed by atoms with Crippen LogP contribution in [0.15, 0.2) is 29.2 Å². The van der Waals surface area contributed by atoms with Gasteiger partial charge in [-0.2, -0.15) is 0 Å². The number of aliphatic hydroxyl groups excluding tert-OH is 1. The number of nitrogens with one attached hydrogen (secondary N) is 1. The van der Waals surface area contributed by atoms with Gasteiger partial charge in [-0.25, -0.2) is 13.1 Å². The van der Waals surface area contributed by atoms with E-state index >= 15 is 0 Å². The third-order valence-electron chi connectivity index (χ3n) is 2.54. The summed E-state index contributed by atoms with van der Waals surface area (Å²) in [5.41, 5.74) is 0.913. The van der Waals surface area contributed by atoms with Gasteiger partial charge in [0.2, 0.25) is 10.0 Å². The molecule has 5 heteroatoms. The van der Waals surface area contributed by atoms with Crippen molar-refractivity contribution in [2.45, 2.75) is 25.2 Å². The van der Waals surface area contributed by atoms with Gasteiger partial charge in [0.15, 0.2) is 0 Å². The molecule has 2 N–H and O–H groups in total. The van der Waals surface area contributed by atoms with Crippen LogP contribution in [0.25, 0.3) is 0 Å². The molecule has 1 aromatic rings. The van der Waals surface area contributed by atoms with Gasteiger partial charge in [-0.1, -0.05) is 19.1 Å². The van der Waals surface area contributed by atoms with Crippen molar-refractivity contribution in [3.05, 3.63) is 29.8 Å². The second kappa shape index (κ2) is 6.14. The number of aliphatic hydroxyl groups is 1. The number of sulfonamides is 1. The van der Waals surface area contributed by atoms with Gasteiger partial charge in [0.05, 0.1) is 4.90 Å². The van der Waals surface area contributed by atoms with Crippen molar-refractivity contribution < 1.29 is 13.5 Å². The average molecular weight is 257 g/mol. The lowest BCUT2D eigenvalue weighted by atomic mass is 10.1. The first-order chi connectivity index (χ1) is 7.95. The van der Waals surface area contributed by atoms with Crippen LogP contribution >= 0.6 is 0 Å². The Bertz CT molecular complexity index is 457. The van der Waals surface area contributed by atoms with Crippen LogP contribution in [-0.4, -0.2) is 26.7 Å². The van der Waals surface area contributed by atoms with Gasteiger partial charge in [-0.15, -0.1) is 0 Å². The lowest BCUT2D eigenvalue weighted by molar-refractivity contribution is 0.263. The van der Waals surface area contributed by atoms with Crippen molar-refractivity contribution in [3.8, 4) is 0 Å². The number of rotatable bonds is 6. The Morgan fingerprint density at radius 3 is 2.71 bits per heavy atom. The molecule has 0 saturated carbocycles. The number of hydrogen-bond acceptors (Lipinski definition) is 3. The van der Waals surface area contributed by atoms with E-state index in [4.69, 9.17) is 5.11 Å². The van der Waals surface area contributed by atoms with Crippen molar-refractivity contribution in [3.63, 3.8) is 0 Å².